The van der Waals surface area contributed by atoms with Gasteiger partial charge in [0, 0.05) is 12.6 Å². The molecule has 3 aliphatic heterocycles. The van der Waals surface area contributed by atoms with Crippen LogP contribution in [0.15, 0.2) is 30.3 Å². The molecule has 1 saturated heterocycles. The van der Waals surface area contributed by atoms with Crippen LogP contribution in [-0.2, 0) is 6.54 Å². The highest BCUT2D eigenvalue weighted by molar-refractivity contribution is 6.12. The predicted octanol–water partition coefficient (Wildman–Crippen LogP) is 3.86. The predicted molar refractivity (Wildman–Crippen MR) is 105 cm³/mol. The summed E-state index contributed by atoms with van der Waals surface area (Å²) in [6.07, 6.45) is 1.64. The number of phenols is 1. The van der Waals surface area contributed by atoms with Crippen LogP contribution in [0.5, 0.6) is 17.2 Å². The fourth-order valence-corrected chi connectivity index (χ4v) is 5.02. The fourth-order valence-electron chi connectivity index (χ4n) is 5.02. The number of halogens is 1. The maximum atomic E-state index is 11.2. The number of hydrogen-bond acceptors (Lipinski definition) is 5. The van der Waals surface area contributed by atoms with Gasteiger partial charge in [0.1, 0.15) is 5.75 Å². The second-order valence-corrected chi connectivity index (χ2v) is 7.50. The van der Waals surface area contributed by atoms with E-state index in [1.54, 1.807) is 12.1 Å². The van der Waals surface area contributed by atoms with E-state index in [1.165, 1.54) is 5.56 Å². The van der Waals surface area contributed by atoms with E-state index in [2.05, 4.69) is 4.90 Å². The van der Waals surface area contributed by atoms with Gasteiger partial charge in [-0.2, -0.15) is 0 Å². The van der Waals surface area contributed by atoms with Crippen molar-refractivity contribution in [2.24, 2.45) is 0 Å². The molecule has 3 aromatic rings. The van der Waals surface area contributed by atoms with Crippen molar-refractivity contribution in [3.8, 4) is 17.2 Å². The molecule has 3 aliphatic rings. The lowest BCUT2D eigenvalue weighted by atomic mass is 9.83. The summed E-state index contributed by atoms with van der Waals surface area (Å²) < 4.78 is 11.2. The molecule has 0 aromatic heterocycles. The Balaban J connectivity index is 0.00000160. The lowest BCUT2D eigenvalue weighted by Gasteiger charge is -2.37. The number of ether oxygens (including phenoxy) is 2. The fraction of sp³-hybridized carbons (Fsp3) is 0.333. The highest BCUT2D eigenvalue weighted by Crippen LogP contribution is 2.48. The van der Waals surface area contributed by atoms with E-state index in [4.69, 9.17) is 9.47 Å². The van der Waals surface area contributed by atoms with Crippen LogP contribution in [0.3, 0.4) is 0 Å². The van der Waals surface area contributed by atoms with Crippen LogP contribution in [0.4, 0.5) is 0 Å². The third-order valence-corrected chi connectivity index (χ3v) is 6.18. The molecule has 6 rings (SSSR count). The molecule has 0 unspecified atom stereocenters. The molecule has 5 nitrogen and oxygen atoms in total. The smallest absolute Gasteiger partial charge is 0.231 e. The summed E-state index contributed by atoms with van der Waals surface area (Å²) in [7, 11) is 0. The minimum absolute atomic E-state index is 0. The van der Waals surface area contributed by atoms with Crippen molar-refractivity contribution in [3.63, 3.8) is 0 Å². The van der Waals surface area contributed by atoms with E-state index >= 15 is 0 Å². The van der Waals surface area contributed by atoms with Crippen molar-refractivity contribution in [2.45, 2.75) is 31.5 Å². The van der Waals surface area contributed by atoms with Crippen LogP contribution in [0, 0.1) is 0 Å². The molecule has 3 aromatic carbocycles. The minimum atomic E-state index is -0.511. The first-order valence-electron chi connectivity index (χ1n) is 9.13. The highest BCUT2D eigenvalue weighted by Gasteiger charge is 2.39. The van der Waals surface area contributed by atoms with Crippen molar-refractivity contribution in [3.05, 3.63) is 41.5 Å². The van der Waals surface area contributed by atoms with Crippen molar-refractivity contribution in [1.82, 2.24) is 4.90 Å². The van der Waals surface area contributed by atoms with Gasteiger partial charge in [0.25, 0.3) is 0 Å². The molecular formula is C21H20ClNO4. The van der Waals surface area contributed by atoms with E-state index in [-0.39, 0.29) is 31.0 Å². The maximum Gasteiger partial charge on any atom is 0.231 e. The van der Waals surface area contributed by atoms with Crippen LogP contribution >= 0.6 is 12.4 Å². The zero-order valence-electron chi connectivity index (χ0n) is 14.6. The second kappa shape index (κ2) is 5.89. The topological polar surface area (TPSA) is 62.2 Å². The van der Waals surface area contributed by atoms with Gasteiger partial charge < -0.3 is 19.7 Å². The number of phenolic OH excluding ortho intramolecular Hbond substituents is 1. The first-order chi connectivity index (χ1) is 12.7. The summed E-state index contributed by atoms with van der Waals surface area (Å²) in [6, 6.07) is 9.64. The molecule has 0 amide bonds. The number of fused-ring (bicyclic) bond motifs is 8. The molecule has 0 aliphatic carbocycles. The zero-order valence-corrected chi connectivity index (χ0v) is 15.5. The van der Waals surface area contributed by atoms with Crippen molar-refractivity contribution in [1.29, 1.82) is 0 Å². The number of nitrogens with zero attached hydrogens (tertiary/aromatic N) is 1. The summed E-state index contributed by atoms with van der Waals surface area (Å²) in [5.41, 5.74) is 2.18. The van der Waals surface area contributed by atoms with Gasteiger partial charge in [-0.3, -0.25) is 4.90 Å². The second-order valence-electron chi connectivity index (χ2n) is 7.50. The van der Waals surface area contributed by atoms with Gasteiger partial charge in [-0.1, -0.05) is 6.07 Å². The number of hydrogen-bond donors (Lipinski definition) is 2. The average molecular weight is 386 g/mol. The summed E-state index contributed by atoms with van der Waals surface area (Å²) >= 11 is 0. The average Bonchev–Trinajstić information content (AvgIpc) is 3.29. The van der Waals surface area contributed by atoms with Crippen molar-refractivity contribution < 1.29 is 19.7 Å². The molecule has 27 heavy (non-hydrogen) atoms. The Morgan fingerprint density at radius 1 is 0.963 bits per heavy atom. The molecule has 0 saturated carbocycles. The van der Waals surface area contributed by atoms with Gasteiger partial charge in [-0.25, -0.2) is 0 Å². The standard InChI is InChI=1S/C21H19NO4.ClH/c23-11-3-4-12-13(6-11)14-7-18-19(26-10-25-18)8-15(14)16-9-22-5-1-2-17(22)21(24)20(12)16;/h3-4,6-8,17,21,23-24H,1-2,5,9-10H2;1H/t17-,21+;/m0./s1. The lowest BCUT2D eigenvalue weighted by Crippen LogP contribution is -2.39. The van der Waals surface area contributed by atoms with Gasteiger partial charge in [-0.05, 0) is 76.3 Å². The quantitative estimate of drug-likeness (QED) is 0.575. The van der Waals surface area contributed by atoms with E-state index in [0.717, 1.165) is 64.5 Å². The Labute approximate surface area is 162 Å². The number of benzene rings is 3. The van der Waals surface area contributed by atoms with Crippen LogP contribution in [-0.4, -0.2) is 34.5 Å². The molecule has 2 atom stereocenters. The molecular weight excluding hydrogens is 366 g/mol. The van der Waals surface area contributed by atoms with Gasteiger partial charge in [-0.15, -0.1) is 12.4 Å². The van der Waals surface area contributed by atoms with E-state index in [9.17, 15) is 10.2 Å². The Morgan fingerprint density at radius 2 is 1.70 bits per heavy atom. The van der Waals surface area contributed by atoms with Crippen LogP contribution in [0.1, 0.15) is 30.1 Å². The molecule has 2 N–H and O–H groups in total. The van der Waals surface area contributed by atoms with Gasteiger partial charge >= 0.3 is 0 Å². The van der Waals surface area contributed by atoms with Crippen LogP contribution in [0.25, 0.3) is 21.5 Å². The lowest BCUT2D eigenvalue weighted by molar-refractivity contribution is 0.0552. The molecule has 0 spiro atoms. The summed E-state index contributed by atoms with van der Waals surface area (Å²) in [4.78, 5) is 2.39. The summed E-state index contributed by atoms with van der Waals surface area (Å²) in [5.74, 6) is 1.71. The van der Waals surface area contributed by atoms with Gasteiger partial charge in [0.05, 0.1) is 6.10 Å². The molecule has 3 heterocycles. The van der Waals surface area contributed by atoms with Crippen molar-refractivity contribution in [2.75, 3.05) is 13.3 Å². The Bertz CT molecular complexity index is 1080. The third kappa shape index (κ3) is 2.25. The Hall–Kier alpha value is -2.21. The van der Waals surface area contributed by atoms with Crippen molar-refractivity contribution >= 4 is 34.0 Å². The summed E-state index contributed by atoms with van der Waals surface area (Å²) in [6.45, 7) is 2.10. The van der Waals surface area contributed by atoms with Gasteiger partial charge in [0.15, 0.2) is 11.5 Å². The largest absolute Gasteiger partial charge is 0.508 e. The summed E-state index contributed by atoms with van der Waals surface area (Å²) in [5, 5.41) is 25.3. The number of aliphatic hydroxyl groups excluding tert-OH is 1. The highest BCUT2D eigenvalue weighted by atomic mass is 35.5. The Kier molecular flexibility index (Phi) is 3.69. The SMILES string of the molecule is Cl.Oc1ccc2c3c(c4cc5c(cc4c2c1)OCO5)CN1CCC[C@H]1[C@H]3O. The monoisotopic (exact) mass is 385 g/mol. The molecule has 6 heteroatoms. The minimum Gasteiger partial charge on any atom is -0.508 e. The first-order valence-corrected chi connectivity index (χ1v) is 9.13. The molecule has 0 radical (unpaired) electrons. The van der Waals surface area contributed by atoms with Gasteiger partial charge in [0.2, 0.25) is 6.79 Å². The van der Waals surface area contributed by atoms with E-state index < -0.39 is 6.10 Å². The number of aliphatic hydroxyl groups is 1. The third-order valence-electron chi connectivity index (χ3n) is 6.18. The van der Waals surface area contributed by atoms with E-state index in [1.807, 2.05) is 18.2 Å². The number of rotatable bonds is 0. The van der Waals surface area contributed by atoms with Crippen LogP contribution < -0.4 is 9.47 Å². The first kappa shape index (κ1) is 16.9. The zero-order chi connectivity index (χ0) is 17.4. The maximum absolute atomic E-state index is 11.2. The molecule has 140 valence electrons. The molecule has 0 bridgehead atoms. The Morgan fingerprint density at radius 3 is 2.52 bits per heavy atom. The van der Waals surface area contributed by atoms with E-state index in [0.29, 0.717) is 0 Å². The molecule has 1 fully saturated rings. The number of aromatic hydroxyl groups is 1. The normalized spacial score (nSPS) is 23.3. The van der Waals surface area contributed by atoms with Crippen LogP contribution in [0.2, 0.25) is 0 Å².